The van der Waals surface area contributed by atoms with Gasteiger partial charge in [0.1, 0.15) is 0 Å². The number of aromatic nitrogens is 2. The number of carbonyl (C=O) groups excluding carboxylic acids is 1. The maximum atomic E-state index is 11.4. The Hall–Kier alpha value is -1.65. The van der Waals surface area contributed by atoms with E-state index >= 15 is 0 Å². The lowest BCUT2D eigenvalue weighted by atomic mass is 10.0. The first-order chi connectivity index (χ1) is 7.60. The Kier molecular flexibility index (Phi) is 4.22. The molecule has 0 saturated carbocycles. The number of rotatable bonds is 5. The van der Waals surface area contributed by atoms with Crippen LogP contribution in [0.1, 0.15) is 38.3 Å². The van der Waals surface area contributed by atoms with Crippen LogP contribution in [-0.2, 0) is 11.8 Å². The average molecular weight is 222 g/mol. The molecule has 1 unspecified atom stereocenters. The van der Waals surface area contributed by atoms with Gasteiger partial charge in [0.05, 0.1) is 24.0 Å². The molecule has 88 valence electrons. The molecule has 16 heavy (non-hydrogen) atoms. The average Bonchev–Trinajstić information content (AvgIpc) is 2.59. The van der Waals surface area contributed by atoms with Crippen LogP contribution in [0, 0.1) is 5.41 Å². The number of carbonyl (C=O) groups is 1. The third-order valence-corrected chi connectivity index (χ3v) is 2.63. The molecular formula is C11H18N4O. The van der Waals surface area contributed by atoms with E-state index in [2.05, 4.69) is 24.3 Å². The molecule has 0 aliphatic rings. The summed E-state index contributed by atoms with van der Waals surface area (Å²) in [6.07, 6.45) is 3.85. The van der Waals surface area contributed by atoms with Crippen LogP contribution >= 0.6 is 0 Å². The van der Waals surface area contributed by atoms with Crippen molar-refractivity contribution < 1.29 is 4.79 Å². The van der Waals surface area contributed by atoms with E-state index in [4.69, 9.17) is 5.41 Å². The maximum Gasteiger partial charge on any atom is 0.229 e. The molecule has 0 radical (unpaired) electrons. The largest absolute Gasteiger partial charge is 0.323 e. The van der Waals surface area contributed by atoms with Crippen LogP contribution in [0.3, 0.4) is 0 Å². The number of amides is 1. The van der Waals surface area contributed by atoms with Crippen molar-refractivity contribution in [3.8, 4) is 0 Å². The minimum atomic E-state index is -0.174. The molecule has 1 aromatic heterocycles. The summed E-state index contributed by atoms with van der Waals surface area (Å²) >= 11 is 0. The molecule has 1 amide bonds. The zero-order valence-corrected chi connectivity index (χ0v) is 9.95. The summed E-state index contributed by atoms with van der Waals surface area (Å²) < 4.78 is 1.79. The molecule has 1 atom stereocenters. The SMILES string of the molecule is CCC(C)c1c(NC(=O)CC=N)cnn1C. The van der Waals surface area contributed by atoms with Gasteiger partial charge in [-0.3, -0.25) is 9.48 Å². The molecule has 0 bridgehead atoms. The highest BCUT2D eigenvalue weighted by molar-refractivity contribution is 5.98. The van der Waals surface area contributed by atoms with Gasteiger partial charge in [0.2, 0.25) is 5.91 Å². The van der Waals surface area contributed by atoms with E-state index in [0.29, 0.717) is 5.92 Å². The van der Waals surface area contributed by atoms with Crippen LogP contribution in [0.15, 0.2) is 6.20 Å². The number of nitrogens with one attached hydrogen (secondary N) is 2. The lowest BCUT2D eigenvalue weighted by Gasteiger charge is -2.12. The second-order valence-electron chi connectivity index (χ2n) is 3.83. The summed E-state index contributed by atoms with van der Waals surface area (Å²) in [7, 11) is 1.87. The van der Waals surface area contributed by atoms with E-state index < -0.39 is 0 Å². The van der Waals surface area contributed by atoms with Crippen LogP contribution in [0.4, 0.5) is 5.69 Å². The Balaban J connectivity index is 2.88. The molecule has 0 aromatic carbocycles. The van der Waals surface area contributed by atoms with E-state index in [1.54, 1.807) is 10.9 Å². The zero-order chi connectivity index (χ0) is 12.1. The third kappa shape index (κ3) is 2.68. The number of aryl methyl sites for hydroxylation is 1. The van der Waals surface area contributed by atoms with Crippen molar-refractivity contribution >= 4 is 17.8 Å². The fourth-order valence-corrected chi connectivity index (χ4v) is 1.61. The zero-order valence-electron chi connectivity index (χ0n) is 9.95. The van der Waals surface area contributed by atoms with Crippen LogP contribution < -0.4 is 5.32 Å². The molecule has 5 nitrogen and oxygen atoms in total. The molecule has 1 aromatic rings. The lowest BCUT2D eigenvalue weighted by Crippen LogP contribution is -2.14. The molecule has 0 aliphatic heterocycles. The summed E-state index contributed by atoms with van der Waals surface area (Å²) in [5.74, 6) is 0.176. The van der Waals surface area contributed by atoms with Gasteiger partial charge in [-0.1, -0.05) is 13.8 Å². The van der Waals surface area contributed by atoms with Crippen LogP contribution in [0.2, 0.25) is 0 Å². The second-order valence-corrected chi connectivity index (χ2v) is 3.83. The number of anilines is 1. The lowest BCUT2D eigenvalue weighted by molar-refractivity contribution is -0.115. The van der Waals surface area contributed by atoms with Crippen LogP contribution in [-0.4, -0.2) is 21.9 Å². The highest BCUT2D eigenvalue weighted by Gasteiger charge is 2.15. The summed E-state index contributed by atoms with van der Waals surface area (Å²) in [6.45, 7) is 4.20. The summed E-state index contributed by atoms with van der Waals surface area (Å²) in [6, 6.07) is 0. The Bertz CT molecular complexity index is 383. The summed E-state index contributed by atoms with van der Waals surface area (Å²) in [5, 5.41) is 13.8. The monoisotopic (exact) mass is 222 g/mol. The molecular weight excluding hydrogens is 204 g/mol. The molecule has 1 heterocycles. The van der Waals surface area contributed by atoms with Gasteiger partial charge in [-0.05, 0) is 12.3 Å². The van der Waals surface area contributed by atoms with Gasteiger partial charge in [-0.25, -0.2) is 0 Å². The van der Waals surface area contributed by atoms with Gasteiger partial charge in [0, 0.05) is 13.3 Å². The molecule has 1 rings (SSSR count). The molecule has 0 spiro atoms. The van der Waals surface area contributed by atoms with E-state index in [-0.39, 0.29) is 12.3 Å². The molecule has 0 fully saturated rings. The molecule has 0 aliphatic carbocycles. The maximum absolute atomic E-state index is 11.4. The molecule has 0 saturated heterocycles. The van der Waals surface area contributed by atoms with Gasteiger partial charge >= 0.3 is 0 Å². The number of hydrogen-bond donors (Lipinski definition) is 2. The third-order valence-electron chi connectivity index (χ3n) is 2.63. The quantitative estimate of drug-likeness (QED) is 0.747. The van der Waals surface area contributed by atoms with Crippen molar-refractivity contribution in [2.75, 3.05) is 5.32 Å². The first kappa shape index (κ1) is 12.4. The Morgan fingerprint density at radius 1 is 1.75 bits per heavy atom. The minimum absolute atomic E-state index is 0.106. The highest BCUT2D eigenvalue weighted by atomic mass is 16.1. The van der Waals surface area contributed by atoms with Gasteiger partial charge in [0.15, 0.2) is 0 Å². The minimum Gasteiger partial charge on any atom is -0.323 e. The topological polar surface area (TPSA) is 70.8 Å². The normalized spacial score (nSPS) is 12.2. The first-order valence-electron chi connectivity index (χ1n) is 5.40. The van der Waals surface area contributed by atoms with Crippen molar-refractivity contribution in [2.24, 2.45) is 7.05 Å². The van der Waals surface area contributed by atoms with Gasteiger partial charge < -0.3 is 10.7 Å². The fourth-order valence-electron chi connectivity index (χ4n) is 1.61. The van der Waals surface area contributed by atoms with Gasteiger partial charge in [0.25, 0.3) is 0 Å². The van der Waals surface area contributed by atoms with Crippen molar-refractivity contribution in [2.45, 2.75) is 32.6 Å². The van der Waals surface area contributed by atoms with Crippen LogP contribution in [0.25, 0.3) is 0 Å². The van der Waals surface area contributed by atoms with Crippen molar-refractivity contribution in [1.29, 1.82) is 5.41 Å². The van der Waals surface area contributed by atoms with E-state index in [0.717, 1.165) is 24.0 Å². The predicted molar refractivity (Wildman–Crippen MR) is 63.9 cm³/mol. The highest BCUT2D eigenvalue weighted by Crippen LogP contribution is 2.25. The molecule has 2 N–H and O–H groups in total. The van der Waals surface area contributed by atoms with E-state index in [1.807, 2.05) is 7.05 Å². The van der Waals surface area contributed by atoms with E-state index in [1.165, 1.54) is 0 Å². The number of hydrogen-bond acceptors (Lipinski definition) is 3. The van der Waals surface area contributed by atoms with Crippen LogP contribution in [0.5, 0.6) is 0 Å². The standard InChI is InChI=1S/C11H18N4O/c1-4-8(2)11-9(7-13-15(11)3)14-10(16)5-6-12/h6-8,12H,4-5H2,1-3H3,(H,14,16). The second kappa shape index (κ2) is 5.44. The van der Waals surface area contributed by atoms with Crippen molar-refractivity contribution in [3.63, 3.8) is 0 Å². The van der Waals surface area contributed by atoms with Crippen molar-refractivity contribution in [3.05, 3.63) is 11.9 Å². The Morgan fingerprint density at radius 3 is 3.00 bits per heavy atom. The first-order valence-corrected chi connectivity index (χ1v) is 5.40. The number of nitrogens with zero attached hydrogens (tertiary/aromatic N) is 2. The van der Waals surface area contributed by atoms with Gasteiger partial charge in [-0.2, -0.15) is 5.10 Å². The van der Waals surface area contributed by atoms with Crippen molar-refractivity contribution in [1.82, 2.24) is 9.78 Å². The fraction of sp³-hybridized carbons (Fsp3) is 0.545. The predicted octanol–water partition coefficient (Wildman–Crippen LogP) is 1.91. The Labute approximate surface area is 95.4 Å². The smallest absolute Gasteiger partial charge is 0.229 e. The Morgan fingerprint density at radius 2 is 2.44 bits per heavy atom. The summed E-state index contributed by atoms with van der Waals surface area (Å²) in [4.78, 5) is 11.4. The van der Waals surface area contributed by atoms with E-state index in [9.17, 15) is 4.79 Å². The van der Waals surface area contributed by atoms with Gasteiger partial charge in [-0.15, -0.1) is 0 Å². The molecule has 5 heteroatoms. The summed E-state index contributed by atoms with van der Waals surface area (Å²) in [5.41, 5.74) is 1.78.